The standard InChI is InChI=1S/C17H28N2O3.ClH/c1-5-8-11-21-16-12-14(9-10-15(16)18)17(20)22-13(4)19(6-2)7-3;/h9-10,12-13H,5-8,11,18H2,1-4H3;1H. The molecule has 2 N–H and O–H groups in total. The lowest BCUT2D eigenvalue weighted by atomic mass is 10.2. The summed E-state index contributed by atoms with van der Waals surface area (Å²) in [5, 5.41) is 0. The Bertz CT molecular complexity index is 479. The number of benzene rings is 1. The number of rotatable bonds is 9. The quantitative estimate of drug-likeness (QED) is 0.320. The molecule has 1 unspecified atom stereocenters. The van der Waals surface area contributed by atoms with Crippen molar-refractivity contribution in [2.24, 2.45) is 0 Å². The summed E-state index contributed by atoms with van der Waals surface area (Å²) in [5.41, 5.74) is 6.87. The lowest BCUT2D eigenvalue weighted by molar-refractivity contribution is -0.0197. The Kier molecular flexibility index (Phi) is 10.4. The fourth-order valence-corrected chi connectivity index (χ4v) is 2.15. The highest BCUT2D eigenvalue weighted by atomic mass is 35.5. The molecule has 0 aromatic heterocycles. The number of carbonyl (C=O) groups is 1. The van der Waals surface area contributed by atoms with E-state index in [0.29, 0.717) is 23.6 Å². The van der Waals surface area contributed by atoms with Crippen LogP contribution in [0.5, 0.6) is 5.75 Å². The van der Waals surface area contributed by atoms with Gasteiger partial charge >= 0.3 is 5.97 Å². The number of halogens is 1. The number of hydrogen-bond donors (Lipinski definition) is 1. The molecular formula is C17H29ClN2O3. The van der Waals surface area contributed by atoms with Gasteiger partial charge in [0.25, 0.3) is 0 Å². The average Bonchev–Trinajstić information content (AvgIpc) is 2.50. The van der Waals surface area contributed by atoms with Gasteiger partial charge in [-0.3, -0.25) is 4.90 Å². The first-order valence-corrected chi connectivity index (χ1v) is 8.00. The second kappa shape index (κ2) is 11.1. The molecule has 5 nitrogen and oxygen atoms in total. The smallest absolute Gasteiger partial charge is 0.339 e. The monoisotopic (exact) mass is 344 g/mol. The van der Waals surface area contributed by atoms with E-state index < -0.39 is 0 Å². The van der Waals surface area contributed by atoms with E-state index in [1.807, 2.05) is 20.8 Å². The second-order valence-corrected chi connectivity index (χ2v) is 5.18. The zero-order valence-electron chi connectivity index (χ0n) is 14.5. The maximum Gasteiger partial charge on any atom is 0.339 e. The molecule has 0 radical (unpaired) electrons. The molecular weight excluding hydrogens is 316 g/mol. The second-order valence-electron chi connectivity index (χ2n) is 5.18. The number of nitrogens with two attached hydrogens (primary N) is 1. The minimum atomic E-state index is -0.361. The molecule has 0 saturated carbocycles. The van der Waals surface area contributed by atoms with Crippen LogP contribution >= 0.6 is 12.4 Å². The molecule has 0 amide bonds. The van der Waals surface area contributed by atoms with Crippen LogP contribution in [0.3, 0.4) is 0 Å². The summed E-state index contributed by atoms with van der Waals surface area (Å²) in [7, 11) is 0. The molecule has 0 bridgehead atoms. The normalized spacial score (nSPS) is 11.7. The first-order chi connectivity index (χ1) is 10.5. The van der Waals surface area contributed by atoms with Gasteiger partial charge in [0, 0.05) is 0 Å². The highest BCUT2D eigenvalue weighted by molar-refractivity contribution is 5.90. The zero-order valence-corrected chi connectivity index (χ0v) is 15.3. The third kappa shape index (κ3) is 6.67. The molecule has 0 aliphatic carbocycles. The van der Waals surface area contributed by atoms with Crippen LogP contribution in [0.4, 0.5) is 5.69 Å². The number of hydrogen-bond acceptors (Lipinski definition) is 5. The molecule has 0 aliphatic heterocycles. The average molecular weight is 345 g/mol. The largest absolute Gasteiger partial charge is 0.491 e. The van der Waals surface area contributed by atoms with E-state index in [0.717, 1.165) is 25.9 Å². The van der Waals surface area contributed by atoms with E-state index in [1.165, 1.54) is 0 Å². The molecule has 1 aromatic rings. The van der Waals surface area contributed by atoms with Gasteiger partial charge in [-0.1, -0.05) is 27.2 Å². The number of nitrogen functional groups attached to an aromatic ring is 1. The van der Waals surface area contributed by atoms with Crippen LogP contribution in [0, 0.1) is 0 Å². The van der Waals surface area contributed by atoms with Crippen LogP contribution in [-0.2, 0) is 4.74 Å². The van der Waals surface area contributed by atoms with Crippen molar-refractivity contribution in [3.8, 4) is 5.75 Å². The Labute approximate surface area is 145 Å². The van der Waals surface area contributed by atoms with Crippen LogP contribution in [0.25, 0.3) is 0 Å². The van der Waals surface area contributed by atoms with Crippen molar-refractivity contribution < 1.29 is 14.3 Å². The number of unbranched alkanes of at least 4 members (excludes halogenated alkanes) is 1. The van der Waals surface area contributed by atoms with E-state index in [4.69, 9.17) is 15.2 Å². The summed E-state index contributed by atoms with van der Waals surface area (Å²) in [5.74, 6) is 0.179. The number of ether oxygens (including phenoxy) is 2. The minimum Gasteiger partial charge on any atom is -0.491 e. The highest BCUT2D eigenvalue weighted by Gasteiger charge is 2.17. The van der Waals surface area contributed by atoms with Crippen LogP contribution in [0.1, 0.15) is 50.9 Å². The van der Waals surface area contributed by atoms with Gasteiger partial charge in [0.1, 0.15) is 5.75 Å². The van der Waals surface area contributed by atoms with E-state index in [2.05, 4.69) is 11.8 Å². The fourth-order valence-electron chi connectivity index (χ4n) is 2.15. The molecule has 0 heterocycles. The van der Waals surface area contributed by atoms with Crippen molar-refractivity contribution in [2.75, 3.05) is 25.4 Å². The molecule has 0 fully saturated rings. The third-order valence-corrected chi connectivity index (χ3v) is 3.61. The molecule has 132 valence electrons. The Morgan fingerprint density at radius 2 is 1.91 bits per heavy atom. The topological polar surface area (TPSA) is 64.8 Å². The van der Waals surface area contributed by atoms with E-state index in [1.54, 1.807) is 18.2 Å². The predicted molar refractivity (Wildman–Crippen MR) is 96.3 cm³/mol. The zero-order chi connectivity index (χ0) is 16.5. The van der Waals surface area contributed by atoms with Crippen LogP contribution < -0.4 is 10.5 Å². The summed E-state index contributed by atoms with van der Waals surface area (Å²) in [4.78, 5) is 14.3. The number of nitrogens with zero attached hydrogens (tertiary/aromatic N) is 1. The lowest BCUT2D eigenvalue weighted by Gasteiger charge is -2.25. The first kappa shape index (κ1) is 21.5. The first-order valence-electron chi connectivity index (χ1n) is 8.00. The minimum absolute atomic E-state index is 0. The van der Waals surface area contributed by atoms with Gasteiger partial charge in [-0.15, -0.1) is 12.4 Å². The lowest BCUT2D eigenvalue weighted by Crippen LogP contribution is -2.36. The number of esters is 1. The van der Waals surface area contributed by atoms with Gasteiger partial charge < -0.3 is 15.2 Å². The molecule has 0 saturated heterocycles. The molecule has 1 aromatic carbocycles. The summed E-state index contributed by atoms with van der Waals surface area (Å²) in [6, 6.07) is 5.00. The van der Waals surface area contributed by atoms with Gasteiger partial charge in [-0.25, -0.2) is 4.79 Å². The summed E-state index contributed by atoms with van der Waals surface area (Å²) < 4.78 is 11.1. The van der Waals surface area contributed by atoms with Gasteiger partial charge in [0.05, 0.1) is 17.9 Å². The van der Waals surface area contributed by atoms with Crippen molar-refractivity contribution in [1.82, 2.24) is 4.90 Å². The highest BCUT2D eigenvalue weighted by Crippen LogP contribution is 2.24. The fraction of sp³-hybridized carbons (Fsp3) is 0.588. The van der Waals surface area contributed by atoms with Crippen molar-refractivity contribution >= 4 is 24.1 Å². The molecule has 0 aliphatic rings. The molecule has 1 atom stereocenters. The van der Waals surface area contributed by atoms with Gasteiger partial charge in [-0.05, 0) is 44.6 Å². The van der Waals surface area contributed by atoms with Crippen molar-refractivity contribution in [3.05, 3.63) is 23.8 Å². The van der Waals surface area contributed by atoms with E-state index >= 15 is 0 Å². The van der Waals surface area contributed by atoms with E-state index in [-0.39, 0.29) is 24.6 Å². The molecule has 0 spiro atoms. The Morgan fingerprint density at radius 1 is 1.26 bits per heavy atom. The van der Waals surface area contributed by atoms with Gasteiger partial charge in [0.2, 0.25) is 0 Å². The van der Waals surface area contributed by atoms with E-state index in [9.17, 15) is 4.79 Å². The molecule has 1 rings (SSSR count). The summed E-state index contributed by atoms with van der Waals surface area (Å²) >= 11 is 0. The Balaban J connectivity index is 0.00000484. The predicted octanol–water partition coefficient (Wildman–Crippen LogP) is 3.71. The number of carbonyl (C=O) groups excluding carboxylic acids is 1. The van der Waals surface area contributed by atoms with Gasteiger partial charge in [-0.2, -0.15) is 0 Å². The maximum absolute atomic E-state index is 12.2. The SMILES string of the molecule is CCCCOc1cc(C(=O)OC(C)N(CC)CC)ccc1N.Cl. The summed E-state index contributed by atoms with van der Waals surface area (Å²) in [6.07, 6.45) is 1.74. The van der Waals surface area contributed by atoms with Crippen LogP contribution in [0.15, 0.2) is 18.2 Å². The van der Waals surface area contributed by atoms with Crippen molar-refractivity contribution in [1.29, 1.82) is 0 Å². The Hall–Kier alpha value is -1.46. The Morgan fingerprint density at radius 3 is 2.48 bits per heavy atom. The van der Waals surface area contributed by atoms with Crippen LogP contribution in [-0.4, -0.2) is 36.8 Å². The molecule has 6 heteroatoms. The van der Waals surface area contributed by atoms with Gasteiger partial charge in [0.15, 0.2) is 6.23 Å². The third-order valence-electron chi connectivity index (χ3n) is 3.61. The maximum atomic E-state index is 12.2. The molecule has 23 heavy (non-hydrogen) atoms. The summed E-state index contributed by atoms with van der Waals surface area (Å²) in [6.45, 7) is 10.3. The van der Waals surface area contributed by atoms with Crippen molar-refractivity contribution in [2.45, 2.75) is 46.8 Å². The van der Waals surface area contributed by atoms with Crippen LogP contribution in [0.2, 0.25) is 0 Å². The van der Waals surface area contributed by atoms with Crippen molar-refractivity contribution in [3.63, 3.8) is 0 Å². The number of anilines is 1.